The van der Waals surface area contributed by atoms with E-state index in [1.54, 1.807) is 11.3 Å². The molecule has 1 fully saturated rings. The van der Waals surface area contributed by atoms with E-state index in [1.807, 2.05) is 0 Å². The van der Waals surface area contributed by atoms with Gasteiger partial charge < -0.3 is 5.32 Å². The van der Waals surface area contributed by atoms with Crippen LogP contribution < -0.4 is 5.32 Å². The summed E-state index contributed by atoms with van der Waals surface area (Å²) in [5.74, 6) is 0.779. The largest absolute Gasteiger partial charge is 0.314 e. The summed E-state index contributed by atoms with van der Waals surface area (Å²) in [6.45, 7) is 3.39. The fourth-order valence-corrected chi connectivity index (χ4v) is 3.74. The van der Waals surface area contributed by atoms with Gasteiger partial charge in [-0.25, -0.2) is 4.98 Å². The van der Waals surface area contributed by atoms with Gasteiger partial charge in [0.1, 0.15) is 0 Å². The summed E-state index contributed by atoms with van der Waals surface area (Å²) in [5, 5.41) is 5.79. The summed E-state index contributed by atoms with van der Waals surface area (Å²) in [7, 11) is 0. The summed E-state index contributed by atoms with van der Waals surface area (Å²) < 4.78 is 2.14. The maximum absolute atomic E-state index is 4.70. The summed E-state index contributed by atoms with van der Waals surface area (Å²) in [6, 6.07) is 0.713. The average molecular weight is 263 g/mol. The van der Waals surface area contributed by atoms with E-state index < -0.39 is 0 Å². The molecule has 1 saturated carbocycles. The molecule has 0 bridgehead atoms. The van der Waals surface area contributed by atoms with Gasteiger partial charge in [0.2, 0.25) is 0 Å². The first-order valence-corrected chi connectivity index (χ1v) is 7.89. The predicted octanol–water partition coefficient (Wildman–Crippen LogP) is 3.11. The molecule has 0 saturated heterocycles. The van der Waals surface area contributed by atoms with Crippen LogP contribution in [0.4, 0.5) is 0 Å². The normalized spacial score (nSPS) is 24.1. The maximum Gasteiger partial charge on any atom is 0.193 e. The number of fused-ring (bicyclic) bond motifs is 1. The van der Waals surface area contributed by atoms with Crippen LogP contribution in [0.25, 0.3) is 4.96 Å². The molecule has 0 spiro atoms. The van der Waals surface area contributed by atoms with Crippen LogP contribution in [0, 0.1) is 5.92 Å². The van der Waals surface area contributed by atoms with Crippen LogP contribution in [0.5, 0.6) is 0 Å². The average Bonchev–Trinajstić information content (AvgIpc) is 3.02. The van der Waals surface area contributed by atoms with E-state index in [9.17, 15) is 0 Å². The summed E-state index contributed by atoms with van der Waals surface area (Å²) in [5.41, 5.74) is 1.26. The Morgan fingerprint density at radius 3 is 3.28 bits per heavy atom. The molecule has 98 valence electrons. The Kier molecular flexibility index (Phi) is 3.66. The van der Waals surface area contributed by atoms with Gasteiger partial charge in [-0.3, -0.25) is 4.40 Å². The van der Waals surface area contributed by atoms with Crippen molar-refractivity contribution in [2.45, 2.75) is 45.1 Å². The Hall–Kier alpha value is -0.870. The first kappa shape index (κ1) is 12.2. The van der Waals surface area contributed by atoms with Gasteiger partial charge in [0.25, 0.3) is 0 Å². The molecule has 3 rings (SSSR count). The molecule has 0 radical (unpaired) electrons. The molecule has 2 heterocycles. The fourth-order valence-electron chi connectivity index (χ4n) is 3.02. The van der Waals surface area contributed by atoms with Crippen molar-refractivity contribution in [1.29, 1.82) is 0 Å². The van der Waals surface area contributed by atoms with E-state index in [2.05, 4.69) is 34.4 Å². The number of hydrogen-bond donors (Lipinski definition) is 1. The fraction of sp³-hybridized carbons (Fsp3) is 0.643. The SMILES string of the molecule is CCCNC1CCCC1Cc1cn2ccsc2n1. The van der Waals surface area contributed by atoms with Crippen molar-refractivity contribution in [2.75, 3.05) is 6.54 Å². The lowest BCUT2D eigenvalue weighted by Gasteiger charge is -2.19. The Balaban J connectivity index is 1.65. The topological polar surface area (TPSA) is 29.3 Å². The van der Waals surface area contributed by atoms with E-state index >= 15 is 0 Å². The third-order valence-corrected chi connectivity index (χ3v) is 4.70. The molecule has 2 atom stereocenters. The first-order chi connectivity index (χ1) is 8.86. The van der Waals surface area contributed by atoms with Crippen molar-refractivity contribution in [3.05, 3.63) is 23.5 Å². The van der Waals surface area contributed by atoms with E-state index in [0.29, 0.717) is 6.04 Å². The van der Waals surface area contributed by atoms with E-state index in [-0.39, 0.29) is 0 Å². The number of rotatable bonds is 5. The molecule has 2 aromatic heterocycles. The third-order valence-electron chi connectivity index (χ3n) is 3.93. The minimum atomic E-state index is 0.713. The van der Waals surface area contributed by atoms with E-state index in [0.717, 1.165) is 23.8 Å². The van der Waals surface area contributed by atoms with Gasteiger partial charge >= 0.3 is 0 Å². The molecule has 1 N–H and O–H groups in total. The van der Waals surface area contributed by atoms with Gasteiger partial charge in [-0.15, -0.1) is 11.3 Å². The van der Waals surface area contributed by atoms with Gasteiger partial charge in [0.15, 0.2) is 4.96 Å². The van der Waals surface area contributed by atoms with Crippen molar-refractivity contribution >= 4 is 16.3 Å². The molecule has 0 amide bonds. The Bertz CT molecular complexity index is 473. The quantitative estimate of drug-likeness (QED) is 0.898. The van der Waals surface area contributed by atoms with Gasteiger partial charge in [-0.05, 0) is 38.1 Å². The second-order valence-corrected chi connectivity index (χ2v) is 6.15. The van der Waals surface area contributed by atoms with Crippen LogP contribution in [-0.2, 0) is 6.42 Å². The van der Waals surface area contributed by atoms with Gasteiger partial charge in [-0.1, -0.05) is 13.3 Å². The molecule has 2 unspecified atom stereocenters. The van der Waals surface area contributed by atoms with Crippen LogP contribution in [0.1, 0.15) is 38.3 Å². The van der Waals surface area contributed by atoms with Crippen molar-refractivity contribution < 1.29 is 0 Å². The van der Waals surface area contributed by atoms with E-state index in [4.69, 9.17) is 4.98 Å². The molecular weight excluding hydrogens is 242 g/mol. The van der Waals surface area contributed by atoms with Crippen molar-refractivity contribution in [3.63, 3.8) is 0 Å². The lowest BCUT2D eigenvalue weighted by atomic mass is 9.98. The zero-order chi connectivity index (χ0) is 12.4. The smallest absolute Gasteiger partial charge is 0.193 e. The van der Waals surface area contributed by atoms with Crippen LogP contribution in [-0.4, -0.2) is 22.0 Å². The molecule has 2 aromatic rings. The maximum atomic E-state index is 4.70. The molecule has 1 aliphatic carbocycles. The molecule has 18 heavy (non-hydrogen) atoms. The number of imidazole rings is 1. The number of aromatic nitrogens is 2. The number of thiazole rings is 1. The number of hydrogen-bond acceptors (Lipinski definition) is 3. The van der Waals surface area contributed by atoms with Crippen LogP contribution in [0.2, 0.25) is 0 Å². The van der Waals surface area contributed by atoms with E-state index in [1.165, 1.54) is 31.4 Å². The number of nitrogens with one attached hydrogen (secondary N) is 1. The lowest BCUT2D eigenvalue weighted by molar-refractivity contribution is 0.397. The second-order valence-electron chi connectivity index (χ2n) is 5.28. The van der Waals surface area contributed by atoms with Crippen molar-refractivity contribution in [2.24, 2.45) is 5.92 Å². The molecule has 0 aliphatic heterocycles. The van der Waals surface area contributed by atoms with Crippen molar-refractivity contribution in [1.82, 2.24) is 14.7 Å². The number of nitrogens with zero attached hydrogens (tertiary/aromatic N) is 2. The van der Waals surface area contributed by atoms with Crippen LogP contribution in [0.3, 0.4) is 0 Å². The van der Waals surface area contributed by atoms with Gasteiger partial charge in [0, 0.05) is 23.8 Å². The first-order valence-electron chi connectivity index (χ1n) is 7.01. The molecule has 0 aromatic carbocycles. The van der Waals surface area contributed by atoms with Crippen molar-refractivity contribution in [3.8, 4) is 0 Å². The minimum absolute atomic E-state index is 0.713. The highest BCUT2D eigenvalue weighted by Gasteiger charge is 2.27. The predicted molar refractivity (Wildman–Crippen MR) is 76.2 cm³/mol. The third kappa shape index (κ3) is 2.45. The van der Waals surface area contributed by atoms with Crippen LogP contribution in [0.15, 0.2) is 17.8 Å². The molecule has 1 aliphatic rings. The Morgan fingerprint density at radius 1 is 1.50 bits per heavy atom. The summed E-state index contributed by atoms with van der Waals surface area (Å²) in [6.07, 6.45) is 10.7. The lowest BCUT2D eigenvalue weighted by Crippen LogP contribution is -2.33. The van der Waals surface area contributed by atoms with Gasteiger partial charge in [0.05, 0.1) is 5.69 Å². The monoisotopic (exact) mass is 263 g/mol. The Labute approximate surface area is 112 Å². The van der Waals surface area contributed by atoms with Crippen LogP contribution >= 0.6 is 11.3 Å². The minimum Gasteiger partial charge on any atom is -0.314 e. The summed E-state index contributed by atoms with van der Waals surface area (Å²) >= 11 is 1.72. The standard InChI is InChI=1S/C14H21N3S/c1-2-6-15-13-5-3-4-11(13)9-12-10-17-7-8-18-14(17)16-12/h7-8,10-11,13,15H,2-6,9H2,1H3. The zero-order valence-electron chi connectivity index (χ0n) is 10.9. The molecule has 3 nitrogen and oxygen atoms in total. The Morgan fingerprint density at radius 2 is 2.44 bits per heavy atom. The van der Waals surface area contributed by atoms with Gasteiger partial charge in [-0.2, -0.15) is 0 Å². The second kappa shape index (κ2) is 5.41. The molecular formula is C14H21N3S. The zero-order valence-corrected chi connectivity index (χ0v) is 11.7. The highest BCUT2D eigenvalue weighted by molar-refractivity contribution is 7.15. The summed E-state index contributed by atoms with van der Waals surface area (Å²) in [4.78, 5) is 5.83. The molecule has 4 heteroatoms. The highest BCUT2D eigenvalue weighted by atomic mass is 32.1. The highest BCUT2D eigenvalue weighted by Crippen LogP contribution is 2.29.